The van der Waals surface area contributed by atoms with Crippen LogP contribution in [0.2, 0.25) is 10.0 Å². The van der Waals surface area contributed by atoms with E-state index in [1.165, 1.54) is 0 Å². The van der Waals surface area contributed by atoms with Gasteiger partial charge in [0.25, 0.3) is 5.91 Å². The van der Waals surface area contributed by atoms with Gasteiger partial charge in [-0.2, -0.15) is 5.10 Å². The summed E-state index contributed by atoms with van der Waals surface area (Å²) in [4.78, 5) is 31.8. The van der Waals surface area contributed by atoms with Gasteiger partial charge >= 0.3 is 5.97 Å². The van der Waals surface area contributed by atoms with Gasteiger partial charge < -0.3 is 23.7 Å². The number of aryl methyl sites for hydroxylation is 5. The van der Waals surface area contributed by atoms with Crippen molar-refractivity contribution in [3.05, 3.63) is 97.9 Å². The molecular weight excluding hydrogens is 763 g/mol. The first-order valence-electron chi connectivity index (χ1n) is 19.6. The highest BCUT2D eigenvalue weighted by Crippen LogP contribution is 2.44. The van der Waals surface area contributed by atoms with Gasteiger partial charge in [0.15, 0.2) is 0 Å². The highest BCUT2D eigenvalue weighted by atomic mass is 35.5. The van der Waals surface area contributed by atoms with Gasteiger partial charge in [0.1, 0.15) is 17.3 Å². The summed E-state index contributed by atoms with van der Waals surface area (Å²) >= 11 is 13.6. The normalized spacial score (nSPS) is 16.2. The lowest BCUT2D eigenvalue weighted by Crippen LogP contribution is -2.48. The number of carboxylic acid groups (broad SMARTS) is 1. The molecule has 2 aliphatic rings. The van der Waals surface area contributed by atoms with E-state index < -0.39 is 5.97 Å². The molecule has 1 fully saturated rings. The summed E-state index contributed by atoms with van der Waals surface area (Å²) in [6, 6.07) is 14.9. The van der Waals surface area contributed by atoms with Crippen LogP contribution in [0.5, 0.6) is 5.75 Å². The van der Waals surface area contributed by atoms with E-state index in [2.05, 4.69) is 21.0 Å². The van der Waals surface area contributed by atoms with E-state index in [0.29, 0.717) is 56.5 Å². The summed E-state index contributed by atoms with van der Waals surface area (Å²) in [5.74, 6) is 0.409. The van der Waals surface area contributed by atoms with Crippen molar-refractivity contribution >= 4 is 62.7 Å². The molecule has 0 bridgehead atoms. The highest BCUT2D eigenvalue weighted by molar-refractivity contribution is 6.35. The number of benzene rings is 3. The van der Waals surface area contributed by atoms with Gasteiger partial charge in [-0.1, -0.05) is 35.3 Å². The molecule has 5 heterocycles. The van der Waals surface area contributed by atoms with Gasteiger partial charge in [-0.3, -0.25) is 19.3 Å². The molecule has 0 radical (unpaired) electrons. The zero-order valence-electron chi connectivity index (χ0n) is 33.3. The Hall–Kier alpha value is -4.81. The SMILES string of the molecule is Cc1cc(OCCCc2c3n(c4c(-c5c(C)nn(C)c5C)c(Cl)ccc24)C[C@@H](C)N(c2cc4ccc(C(=O)O)cc4n2CCN2CCOCC2)C3=O)cc(C)c1Cl. The number of carboxylic acids is 1. The highest BCUT2D eigenvalue weighted by Gasteiger charge is 2.38. The van der Waals surface area contributed by atoms with Crippen LogP contribution in [-0.2, 0) is 31.3 Å². The molecule has 1 amide bonds. The number of anilines is 1. The maximum atomic E-state index is 15.4. The number of hydrogen-bond acceptors (Lipinski definition) is 6. The Bertz CT molecular complexity index is 2540. The molecule has 0 aliphatic carbocycles. The lowest BCUT2D eigenvalue weighted by molar-refractivity contribution is 0.0365. The molecule has 3 aromatic heterocycles. The van der Waals surface area contributed by atoms with E-state index in [1.807, 2.05) is 80.7 Å². The smallest absolute Gasteiger partial charge is 0.335 e. The number of amides is 1. The van der Waals surface area contributed by atoms with Crippen molar-refractivity contribution in [3.63, 3.8) is 0 Å². The quantitative estimate of drug-likeness (QED) is 0.131. The van der Waals surface area contributed by atoms with Crippen LogP contribution in [0.15, 0.2) is 48.5 Å². The van der Waals surface area contributed by atoms with Crippen LogP contribution in [0.1, 0.15) is 62.3 Å². The molecule has 0 unspecified atom stereocenters. The van der Waals surface area contributed by atoms with Gasteiger partial charge in [-0.05, 0) is 101 Å². The van der Waals surface area contributed by atoms with E-state index in [0.717, 1.165) is 97.2 Å². The second-order valence-electron chi connectivity index (χ2n) is 15.5. The van der Waals surface area contributed by atoms with E-state index >= 15 is 4.79 Å². The van der Waals surface area contributed by atoms with Crippen LogP contribution in [0.4, 0.5) is 5.82 Å². The van der Waals surface area contributed by atoms with Gasteiger partial charge in [-0.15, -0.1) is 0 Å². The van der Waals surface area contributed by atoms with Gasteiger partial charge in [-0.25, -0.2) is 4.79 Å². The molecule has 0 spiro atoms. The molecule has 298 valence electrons. The number of ether oxygens (including phenoxy) is 2. The van der Waals surface area contributed by atoms with Gasteiger partial charge in [0.05, 0.1) is 53.2 Å². The van der Waals surface area contributed by atoms with Crippen LogP contribution in [0.3, 0.4) is 0 Å². The average molecular weight is 812 g/mol. The minimum Gasteiger partial charge on any atom is -0.494 e. The fourth-order valence-corrected chi connectivity index (χ4v) is 9.19. The summed E-state index contributed by atoms with van der Waals surface area (Å²) in [7, 11) is 1.93. The minimum absolute atomic E-state index is 0.111. The van der Waals surface area contributed by atoms with E-state index in [4.69, 9.17) is 37.8 Å². The second-order valence-corrected chi connectivity index (χ2v) is 16.2. The number of carbonyl (C=O) groups is 2. The van der Waals surface area contributed by atoms with Gasteiger partial charge in [0, 0.05) is 72.4 Å². The van der Waals surface area contributed by atoms with Crippen molar-refractivity contribution in [3.8, 4) is 16.9 Å². The Labute approximate surface area is 342 Å². The monoisotopic (exact) mass is 810 g/mol. The molecule has 57 heavy (non-hydrogen) atoms. The van der Waals surface area contributed by atoms with Crippen LogP contribution in [0, 0.1) is 27.7 Å². The zero-order chi connectivity index (χ0) is 40.3. The molecule has 8 rings (SSSR count). The number of rotatable bonds is 11. The van der Waals surface area contributed by atoms with E-state index in [-0.39, 0.29) is 17.5 Å². The molecule has 1 saturated heterocycles. The lowest BCUT2D eigenvalue weighted by atomic mass is 9.98. The molecule has 1 N–H and O–H groups in total. The molecule has 6 aromatic rings. The lowest BCUT2D eigenvalue weighted by Gasteiger charge is -2.36. The minimum atomic E-state index is -0.991. The summed E-state index contributed by atoms with van der Waals surface area (Å²) in [6.45, 7) is 15.3. The number of fused-ring (bicyclic) bond motifs is 4. The number of hydrogen-bond donors (Lipinski definition) is 1. The summed E-state index contributed by atoms with van der Waals surface area (Å²) < 4.78 is 18.0. The third kappa shape index (κ3) is 6.98. The number of morpholine rings is 1. The number of carbonyl (C=O) groups excluding carboxylic acids is 1. The Morgan fingerprint density at radius 1 is 0.982 bits per heavy atom. The first kappa shape index (κ1) is 39.0. The summed E-state index contributed by atoms with van der Waals surface area (Å²) in [5.41, 5.74) is 9.11. The Balaban J connectivity index is 1.25. The van der Waals surface area contributed by atoms with Crippen LogP contribution < -0.4 is 9.64 Å². The van der Waals surface area contributed by atoms with E-state index in [9.17, 15) is 9.90 Å². The molecular formula is C44H48Cl2N6O5. The Morgan fingerprint density at radius 2 is 1.72 bits per heavy atom. The molecule has 1 atom stereocenters. The van der Waals surface area contributed by atoms with Crippen molar-refractivity contribution in [1.29, 1.82) is 0 Å². The average Bonchev–Trinajstić information content (AvgIpc) is 3.78. The largest absolute Gasteiger partial charge is 0.494 e. The molecule has 13 heteroatoms. The molecule has 2 aliphatic heterocycles. The van der Waals surface area contributed by atoms with Gasteiger partial charge in [0.2, 0.25) is 0 Å². The van der Waals surface area contributed by atoms with Crippen LogP contribution in [-0.4, -0.2) is 86.3 Å². The topological polar surface area (TPSA) is 107 Å². The zero-order valence-corrected chi connectivity index (χ0v) is 34.8. The maximum absolute atomic E-state index is 15.4. The Morgan fingerprint density at radius 3 is 2.40 bits per heavy atom. The standard InChI is InChI=1S/C44H48Cl2N6O5/c1-25-20-32(21-26(2)40(25)46)57-17-7-8-33-34-11-12-35(45)39(38-28(4)47-48(6)29(38)5)41(34)51-24-27(3)52(43(53)42(33)51)37-23-30-9-10-31(44(54)55)22-36(30)50(37)14-13-49-15-18-56-19-16-49/h9-12,20-23,27H,7-8,13-19,24H2,1-6H3,(H,54,55)/t27-/m1/s1. The van der Waals surface area contributed by atoms with E-state index in [1.54, 1.807) is 12.1 Å². The number of nitrogens with zero attached hydrogens (tertiary/aromatic N) is 6. The van der Waals surface area contributed by atoms with Crippen LogP contribution in [0.25, 0.3) is 32.9 Å². The van der Waals surface area contributed by atoms with Crippen molar-refractivity contribution in [2.75, 3.05) is 44.4 Å². The van der Waals surface area contributed by atoms with Crippen LogP contribution >= 0.6 is 23.2 Å². The first-order chi connectivity index (χ1) is 27.3. The fraction of sp³-hybridized carbons (Fsp3) is 0.386. The maximum Gasteiger partial charge on any atom is 0.335 e. The number of aromatic nitrogens is 4. The van der Waals surface area contributed by atoms with Crippen molar-refractivity contribution < 1.29 is 24.2 Å². The number of aromatic carboxylic acids is 1. The predicted octanol–water partition coefficient (Wildman–Crippen LogP) is 8.63. The first-order valence-corrected chi connectivity index (χ1v) is 20.3. The second kappa shape index (κ2) is 15.5. The van der Waals surface area contributed by atoms with Crippen molar-refractivity contribution in [2.24, 2.45) is 7.05 Å². The third-order valence-electron chi connectivity index (χ3n) is 11.7. The number of halogens is 2. The third-order valence-corrected chi connectivity index (χ3v) is 12.6. The molecule has 3 aromatic carbocycles. The molecule has 11 nitrogen and oxygen atoms in total. The Kier molecular flexibility index (Phi) is 10.6. The fourth-order valence-electron chi connectivity index (χ4n) is 8.84. The predicted molar refractivity (Wildman–Crippen MR) is 226 cm³/mol. The molecule has 0 saturated carbocycles. The van der Waals surface area contributed by atoms with Crippen molar-refractivity contribution in [2.45, 2.75) is 66.6 Å². The van der Waals surface area contributed by atoms with Crippen molar-refractivity contribution in [1.82, 2.24) is 23.8 Å². The summed E-state index contributed by atoms with van der Waals surface area (Å²) in [6.07, 6.45) is 1.25. The summed E-state index contributed by atoms with van der Waals surface area (Å²) in [5, 5.41) is 17.9.